The van der Waals surface area contributed by atoms with Crippen molar-refractivity contribution in [1.82, 2.24) is 29.1 Å². The van der Waals surface area contributed by atoms with Crippen LogP contribution in [0.25, 0.3) is 33.3 Å². The molecule has 3 aromatic heterocycles. The van der Waals surface area contributed by atoms with Gasteiger partial charge in [-0.1, -0.05) is 43.2 Å². The zero-order chi connectivity index (χ0) is 48.2. The number of ether oxygens (including phenoxy) is 2. The molecular weight excluding hydrogens is 922 g/mol. The summed E-state index contributed by atoms with van der Waals surface area (Å²) in [5, 5.41) is 16.8. The predicted octanol–water partition coefficient (Wildman–Crippen LogP) is 7.31. The maximum atomic E-state index is 14.6. The third-order valence-corrected chi connectivity index (χ3v) is 15.5. The molecule has 2 fully saturated rings. The van der Waals surface area contributed by atoms with Crippen LogP contribution in [0, 0.1) is 15.5 Å². The predicted molar refractivity (Wildman–Crippen MR) is 265 cm³/mol. The van der Waals surface area contributed by atoms with E-state index in [1.165, 1.54) is 28.8 Å². The van der Waals surface area contributed by atoms with E-state index in [1.807, 2.05) is 41.0 Å². The van der Waals surface area contributed by atoms with Crippen molar-refractivity contribution in [3.05, 3.63) is 122 Å². The number of amides is 2. The number of likely N-dealkylation sites (N-methyl/N-ethyl adjacent to an activating group) is 1. The van der Waals surface area contributed by atoms with E-state index < -0.39 is 31.4 Å². The second kappa shape index (κ2) is 18.5. The number of sulfonamides is 1. The van der Waals surface area contributed by atoms with Crippen molar-refractivity contribution in [2.24, 2.45) is 5.41 Å². The van der Waals surface area contributed by atoms with E-state index in [0.29, 0.717) is 55.3 Å². The minimum Gasteiger partial charge on any atom is -0.377 e. The molecule has 2 saturated heterocycles. The molecule has 6 aromatic rings. The second-order valence-corrected chi connectivity index (χ2v) is 21.3. The monoisotopic (exact) mass is 975 g/mol. The van der Waals surface area contributed by atoms with Crippen molar-refractivity contribution in [2.75, 3.05) is 76.4 Å². The highest BCUT2D eigenvalue weighted by Gasteiger charge is 2.34. The van der Waals surface area contributed by atoms with Crippen molar-refractivity contribution in [2.45, 2.75) is 57.1 Å². The van der Waals surface area contributed by atoms with Gasteiger partial charge in [-0.15, -0.1) is 0 Å². The molecule has 0 bridgehead atoms. The molecule has 19 heteroatoms. The summed E-state index contributed by atoms with van der Waals surface area (Å²) in [6.45, 7) is 10.1. The molecule has 0 radical (unpaired) electrons. The third-order valence-electron chi connectivity index (χ3n) is 13.9. The Hall–Kier alpha value is -6.31. The smallest absolute Gasteiger partial charge is 0.293 e. The highest BCUT2D eigenvalue weighted by Crippen LogP contribution is 2.44. The average molecular weight is 977 g/mol. The van der Waals surface area contributed by atoms with Crippen LogP contribution in [0.4, 0.5) is 17.1 Å². The summed E-state index contributed by atoms with van der Waals surface area (Å²) >= 11 is 6.28. The van der Waals surface area contributed by atoms with Crippen molar-refractivity contribution >= 4 is 78.1 Å². The number of H-pyrrole nitrogens is 1. The number of hydrogen-bond donors (Lipinski definition) is 3. The van der Waals surface area contributed by atoms with Crippen LogP contribution < -0.4 is 14.9 Å². The van der Waals surface area contributed by atoms with Gasteiger partial charge in [0.1, 0.15) is 11.3 Å². The summed E-state index contributed by atoms with van der Waals surface area (Å²) in [5.74, 6) is -1.02. The Bertz CT molecular complexity index is 3150. The first-order valence-electron chi connectivity index (χ1n) is 23.2. The maximum Gasteiger partial charge on any atom is 0.293 e. The molecule has 1 aliphatic carbocycles. The quantitative estimate of drug-likeness (QED) is 0.0818. The summed E-state index contributed by atoms with van der Waals surface area (Å²) in [5.41, 5.74) is 8.52. The summed E-state index contributed by atoms with van der Waals surface area (Å²) in [7, 11) is -2.93. The molecular formula is C50H54ClN9O8S. The molecule has 3 aromatic carbocycles. The van der Waals surface area contributed by atoms with Gasteiger partial charge in [-0.3, -0.25) is 24.6 Å². The topological polar surface area (TPSA) is 197 Å². The van der Waals surface area contributed by atoms with Gasteiger partial charge in [0, 0.05) is 85.9 Å². The maximum absolute atomic E-state index is 14.6. The molecule has 3 N–H and O–H groups in total. The molecule has 10 rings (SSSR count). The number of allylic oxidation sites excluding steroid dienone is 1. The minimum absolute atomic E-state index is 0.0405. The van der Waals surface area contributed by atoms with Gasteiger partial charge < -0.3 is 34.1 Å². The van der Waals surface area contributed by atoms with Gasteiger partial charge in [0.15, 0.2) is 0 Å². The highest BCUT2D eigenvalue weighted by atomic mass is 35.5. The number of anilines is 2. The zero-order valence-electron chi connectivity index (χ0n) is 38.7. The van der Waals surface area contributed by atoms with Crippen LogP contribution in [0.2, 0.25) is 5.02 Å². The summed E-state index contributed by atoms with van der Waals surface area (Å²) < 4.78 is 43.4. The van der Waals surface area contributed by atoms with Crippen LogP contribution in [0.5, 0.6) is 0 Å². The minimum atomic E-state index is -4.66. The molecule has 2 amide bonds. The molecule has 69 heavy (non-hydrogen) atoms. The number of nitro groups is 1. The number of nitrogens with one attached hydrogen (secondary N) is 3. The number of halogens is 1. The van der Waals surface area contributed by atoms with Crippen LogP contribution in [0.3, 0.4) is 0 Å². The lowest BCUT2D eigenvalue weighted by Gasteiger charge is -2.39. The Labute approximate surface area is 404 Å². The number of pyridine rings is 1. The lowest BCUT2D eigenvalue weighted by atomic mass is 9.72. The number of nitro benzene ring substituents is 1. The van der Waals surface area contributed by atoms with E-state index in [0.717, 1.165) is 72.3 Å². The number of carbonyl (C=O) groups is 2. The number of benzene rings is 3. The largest absolute Gasteiger partial charge is 0.377 e. The van der Waals surface area contributed by atoms with Gasteiger partial charge in [0.25, 0.3) is 21.6 Å². The van der Waals surface area contributed by atoms with E-state index in [2.05, 4.69) is 50.8 Å². The number of aromatic amines is 1. The van der Waals surface area contributed by atoms with E-state index in [-0.39, 0.29) is 48.2 Å². The van der Waals surface area contributed by atoms with E-state index in [1.54, 1.807) is 24.2 Å². The molecule has 6 heterocycles. The van der Waals surface area contributed by atoms with Gasteiger partial charge in [0.2, 0.25) is 5.91 Å². The Morgan fingerprint density at radius 2 is 1.83 bits per heavy atom. The average Bonchev–Trinajstić information content (AvgIpc) is 3.92. The number of carbonyl (C=O) groups excluding carboxylic acids is 2. The Morgan fingerprint density at radius 3 is 2.58 bits per heavy atom. The highest BCUT2D eigenvalue weighted by molar-refractivity contribution is 7.90. The fourth-order valence-corrected chi connectivity index (χ4v) is 11.2. The lowest BCUT2D eigenvalue weighted by Crippen LogP contribution is -2.47. The molecule has 17 nitrogen and oxygen atoms in total. The normalized spacial score (nSPS) is 19.0. The molecule has 1 atom stereocenters. The molecule has 0 spiro atoms. The molecule has 4 aliphatic rings. The molecule has 0 saturated carbocycles. The summed E-state index contributed by atoms with van der Waals surface area (Å²) in [4.78, 5) is 53.5. The van der Waals surface area contributed by atoms with Gasteiger partial charge in [0.05, 0.1) is 71.0 Å². The van der Waals surface area contributed by atoms with Crippen LogP contribution >= 0.6 is 11.6 Å². The van der Waals surface area contributed by atoms with Gasteiger partial charge >= 0.3 is 0 Å². The van der Waals surface area contributed by atoms with E-state index in [9.17, 15) is 28.1 Å². The van der Waals surface area contributed by atoms with Crippen molar-refractivity contribution in [3.63, 3.8) is 0 Å². The van der Waals surface area contributed by atoms with Gasteiger partial charge in [-0.25, -0.2) is 18.1 Å². The van der Waals surface area contributed by atoms with Crippen LogP contribution in [0.15, 0.2) is 89.5 Å². The van der Waals surface area contributed by atoms with Crippen LogP contribution in [-0.4, -0.2) is 122 Å². The standard InChI is InChI=1S/C50H54ClN9O8S/c1-50(2)14-12-33(40(26-50)31-4-6-34(51)7-5-31)28-57-16-18-58(19-17-57)35-8-10-38(42(23-35)59-44-22-32-13-15-52-48(32)54-47(44)39-25-46(61)56(3)29-45(39)59)49(62)55-69(65,66)37-9-11-41(43(24-37)60(63)64)53-27-36-30-67-20-21-68-36/h4-11,13,15,22-24,36,53H,12,14,16-21,25-30H2,1-3H3,(H,52,54)(H,55,62)/t36-/m0/s1. The van der Waals surface area contributed by atoms with Crippen LogP contribution in [0.1, 0.15) is 60.3 Å². The van der Waals surface area contributed by atoms with Crippen molar-refractivity contribution in [1.29, 1.82) is 0 Å². The first-order chi connectivity index (χ1) is 33.1. The van der Waals surface area contributed by atoms with Crippen molar-refractivity contribution in [3.8, 4) is 5.69 Å². The first kappa shape index (κ1) is 46.4. The lowest BCUT2D eigenvalue weighted by molar-refractivity contribution is -0.384. The number of piperazine rings is 1. The van der Waals surface area contributed by atoms with E-state index >= 15 is 0 Å². The SMILES string of the molecule is CN1Cc2c(c3nc4[nH]ccc4cc3n2-c2cc(N3CCN(CC4=C(c5ccc(Cl)cc5)CC(C)(C)CC4)CC3)ccc2C(=O)NS(=O)(=O)c2ccc(NC[C@H]3COCCO3)c([N+](=O)[O-])c2)CC1=O. The second-order valence-electron chi connectivity index (χ2n) is 19.2. The Balaban J connectivity index is 0.981. The summed E-state index contributed by atoms with van der Waals surface area (Å²) in [6, 6.07) is 20.8. The number of nitrogens with zero attached hydrogens (tertiary/aromatic N) is 6. The third kappa shape index (κ3) is 9.43. The molecule has 0 unspecified atom stereocenters. The summed E-state index contributed by atoms with van der Waals surface area (Å²) in [6.07, 6.45) is 4.68. The number of aromatic nitrogens is 3. The Morgan fingerprint density at radius 1 is 1.03 bits per heavy atom. The van der Waals surface area contributed by atoms with Crippen LogP contribution in [-0.2, 0) is 37.3 Å². The fraction of sp³-hybridized carbons (Fsp3) is 0.380. The molecule has 3 aliphatic heterocycles. The van der Waals surface area contributed by atoms with Gasteiger partial charge in [-0.05, 0) is 90.4 Å². The number of fused-ring (bicyclic) bond motifs is 4. The first-order valence-corrected chi connectivity index (χ1v) is 25.1. The molecule has 360 valence electrons. The fourth-order valence-electron chi connectivity index (χ4n) is 10.1. The number of hydrogen-bond acceptors (Lipinski definition) is 12. The van der Waals surface area contributed by atoms with E-state index in [4.69, 9.17) is 26.1 Å². The van der Waals surface area contributed by atoms with Crippen molar-refractivity contribution < 1.29 is 32.4 Å². The van der Waals surface area contributed by atoms with Gasteiger partial charge in [-0.2, -0.15) is 0 Å². The Kier molecular flexibility index (Phi) is 12.5. The number of rotatable bonds is 12. The zero-order valence-corrected chi connectivity index (χ0v) is 40.3.